The van der Waals surface area contributed by atoms with Gasteiger partial charge in [-0.15, -0.1) is 0 Å². The summed E-state index contributed by atoms with van der Waals surface area (Å²) in [5.41, 5.74) is 4.02. The number of hydrogen-bond acceptors (Lipinski definition) is 4. The predicted octanol–water partition coefficient (Wildman–Crippen LogP) is 3.92. The number of rotatable bonds is 8. The van der Waals surface area contributed by atoms with Gasteiger partial charge in [0, 0.05) is 24.8 Å². The van der Waals surface area contributed by atoms with Gasteiger partial charge < -0.3 is 10.6 Å². The quantitative estimate of drug-likeness (QED) is 0.504. The molecule has 31 heavy (non-hydrogen) atoms. The fraction of sp³-hybridized carbons (Fsp3) is 0.364. The SMILES string of the molecule is CCCNC(=O)c1nn(CC)cc1NC(=O)c1cccc(Cn2nc(C)c(Br)c2C)c1. The molecule has 1 aromatic carbocycles. The van der Waals surface area contributed by atoms with Gasteiger partial charge in [0.05, 0.1) is 28.1 Å². The normalized spacial score (nSPS) is 10.9. The first-order valence-electron chi connectivity index (χ1n) is 10.3. The third kappa shape index (κ3) is 5.22. The molecule has 3 rings (SSSR count). The van der Waals surface area contributed by atoms with Crippen molar-refractivity contribution in [3.8, 4) is 0 Å². The molecule has 0 bridgehead atoms. The Hall–Kier alpha value is -2.94. The minimum absolute atomic E-state index is 0.215. The number of anilines is 1. The lowest BCUT2D eigenvalue weighted by Crippen LogP contribution is -2.26. The monoisotopic (exact) mass is 486 g/mol. The van der Waals surface area contributed by atoms with Crippen molar-refractivity contribution in [3.63, 3.8) is 0 Å². The largest absolute Gasteiger partial charge is 0.351 e. The number of nitrogens with zero attached hydrogens (tertiary/aromatic N) is 4. The molecule has 3 aromatic rings. The zero-order chi connectivity index (χ0) is 22.5. The molecule has 2 amide bonds. The number of halogens is 1. The molecule has 164 valence electrons. The van der Waals surface area contributed by atoms with Gasteiger partial charge in [-0.05, 0) is 60.8 Å². The van der Waals surface area contributed by atoms with E-state index in [0.717, 1.165) is 27.8 Å². The molecule has 0 aliphatic heterocycles. The maximum atomic E-state index is 12.9. The van der Waals surface area contributed by atoms with E-state index in [1.807, 2.05) is 50.6 Å². The zero-order valence-corrected chi connectivity index (χ0v) is 19.8. The molecule has 0 aliphatic carbocycles. The third-order valence-corrected chi connectivity index (χ3v) is 6.05. The van der Waals surface area contributed by atoms with Crippen LogP contribution in [0.25, 0.3) is 0 Å². The Kier molecular flexibility index (Phi) is 7.27. The Balaban J connectivity index is 1.79. The summed E-state index contributed by atoms with van der Waals surface area (Å²) in [5, 5.41) is 14.5. The molecule has 0 radical (unpaired) electrons. The molecule has 0 unspecified atom stereocenters. The van der Waals surface area contributed by atoms with Crippen LogP contribution in [0.15, 0.2) is 34.9 Å². The molecule has 0 saturated heterocycles. The lowest BCUT2D eigenvalue weighted by molar-refractivity contribution is 0.0948. The van der Waals surface area contributed by atoms with Gasteiger partial charge in [0.1, 0.15) is 0 Å². The Bertz CT molecular complexity index is 1100. The van der Waals surface area contributed by atoms with Gasteiger partial charge in [0.15, 0.2) is 5.69 Å². The number of benzene rings is 1. The van der Waals surface area contributed by atoms with Gasteiger partial charge in [-0.1, -0.05) is 19.1 Å². The first-order valence-corrected chi connectivity index (χ1v) is 11.1. The van der Waals surface area contributed by atoms with Crippen molar-refractivity contribution in [1.29, 1.82) is 0 Å². The second-order valence-electron chi connectivity index (χ2n) is 7.30. The van der Waals surface area contributed by atoms with Gasteiger partial charge in [-0.2, -0.15) is 10.2 Å². The lowest BCUT2D eigenvalue weighted by Gasteiger charge is -2.09. The molecule has 0 fully saturated rings. The number of carbonyl (C=O) groups is 2. The molecule has 9 heteroatoms. The summed E-state index contributed by atoms with van der Waals surface area (Å²) >= 11 is 3.54. The van der Waals surface area contributed by atoms with E-state index in [4.69, 9.17) is 0 Å². The van der Waals surface area contributed by atoms with Crippen molar-refractivity contribution in [2.75, 3.05) is 11.9 Å². The van der Waals surface area contributed by atoms with Crippen LogP contribution in [0.5, 0.6) is 0 Å². The molecular formula is C22H27BrN6O2. The van der Waals surface area contributed by atoms with Crippen molar-refractivity contribution < 1.29 is 9.59 Å². The Morgan fingerprint density at radius 2 is 1.90 bits per heavy atom. The summed E-state index contributed by atoms with van der Waals surface area (Å²) in [7, 11) is 0. The summed E-state index contributed by atoms with van der Waals surface area (Å²) in [4.78, 5) is 25.4. The van der Waals surface area contributed by atoms with E-state index < -0.39 is 0 Å². The van der Waals surface area contributed by atoms with Crippen molar-refractivity contribution >= 4 is 33.4 Å². The van der Waals surface area contributed by atoms with Gasteiger partial charge in [0.25, 0.3) is 11.8 Å². The van der Waals surface area contributed by atoms with Crippen LogP contribution >= 0.6 is 15.9 Å². The van der Waals surface area contributed by atoms with Gasteiger partial charge in [-0.25, -0.2) is 0 Å². The second kappa shape index (κ2) is 9.91. The number of carbonyl (C=O) groups excluding carboxylic acids is 2. The van der Waals surface area contributed by atoms with Crippen molar-refractivity contribution in [2.24, 2.45) is 0 Å². The Morgan fingerprint density at radius 1 is 1.13 bits per heavy atom. The highest BCUT2D eigenvalue weighted by Crippen LogP contribution is 2.21. The highest BCUT2D eigenvalue weighted by molar-refractivity contribution is 9.10. The predicted molar refractivity (Wildman–Crippen MR) is 123 cm³/mol. The van der Waals surface area contributed by atoms with Crippen LogP contribution in [-0.2, 0) is 13.1 Å². The lowest BCUT2D eigenvalue weighted by atomic mass is 10.1. The van der Waals surface area contributed by atoms with E-state index in [1.165, 1.54) is 0 Å². The van der Waals surface area contributed by atoms with Crippen LogP contribution in [0.4, 0.5) is 5.69 Å². The molecule has 2 N–H and O–H groups in total. The summed E-state index contributed by atoms with van der Waals surface area (Å²) in [5.74, 6) is -0.593. The minimum atomic E-state index is -0.298. The molecule has 8 nitrogen and oxygen atoms in total. The van der Waals surface area contributed by atoms with E-state index in [1.54, 1.807) is 16.9 Å². The summed E-state index contributed by atoms with van der Waals surface area (Å²) in [6.45, 7) is 9.54. The highest BCUT2D eigenvalue weighted by atomic mass is 79.9. The number of aryl methyl sites for hydroxylation is 2. The van der Waals surface area contributed by atoms with Crippen LogP contribution in [0, 0.1) is 13.8 Å². The summed E-state index contributed by atoms with van der Waals surface area (Å²) in [6, 6.07) is 7.38. The summed E-state index contributed by atoms with van der Waals surface area (Å²) in [6.07, 6.45) is 2.50. The Labute approximate surface area is 190 Å². The Morgan fingerprint density at radius 3 is 2.55 bits per heavy atom. The first kappa shape index (κ1) is 22.7. The zero-order valence-electron chi connectivity index (χ0n) is 18.2. The number of hydrogen-bond donors (Lipinski definition) is 2. The fourth-order valence-electron chi connectivity index (χ4n) is 3.17. The molecule has 0 spiro atoms. The van der Waals surface area contributed by atoms with Crippen LogP contribution in [-0.4, -0.2) is 37.9 Å². The topological polar surface area (TPSA) is 93.8 Å². The molecule has 2 heterocycles. The van der Waals surface area contributed by atoms with Crippen molar-refractivity contribution in [3.05, 3.63) is 63.1 Å². The molecular weight excluding hydrogens is 460 g/mol. The third-order valence-electron chi connectivity index (χ3n) is 4.90. The number of aromatic nitrogens is 4. The van der Waals surface area contributed by atoms with E-state index in [-0.39, 0.29) is 17.5 Å². The highest BCUT2D eigenvalue weighted by Gasteiger charge is 2.19. The second-order valence-corrected chi connectivity index (χ2v) is 8.09. The van der Waals surface area contributed by atoms with E-state index in [2.05, 4.69) is 36.8 Å². The van der Waals surface area contributed by atoms with Gasteiger partial charge in [0.2, 0.25) is 0 Å². The smallest absolute Gasteiger partial charge is 0.273 e. The van der Waals surface area contributed by atoms with Crippen LogP contribution < -0.4 is 10.6 Å². The number of amides is 2. The average molecular weight is 487 g/mol. The van der Waals surface area contributed by atoms with Crippen LogP contribution in [0.1, 0.15) is 58.1 Å². The molecule has 2 aromatic heterocycles. The minimum Gasteiger partial charge on any atom is -0.351 e. The van der Waals surface area contributed by atoms with Crippen molar-refractivity contribution in [1.82, 2.24) is 24.9 Å². The van der Waals surface area contributed by atoms with E-state index in [9.17, 15) is 9.59 Å². The van der Waals surface area contributed by atoms with E-state index in [0.29, 0.717) is 30.9 Å². The summed E-state index contributed by atoms with van der Waals surface area (Å²) < 4.78 is 4.52. The fourth-order valence-corrected chi connectivity index (χ4v) is 3.46. The van der Waals surface area contributed by atoms with Crippen LogP contribution in [0.2, 0.25) is 0 Å². The molecule has 0 aliphatic rings. The maximum absolute atomic E-state index is 12.9. The number of nitrogens with one attached hydrogen (secondary N) is 2. The molecule has 0 saturated carbocycles. The standard InChI is InChI=1S/C22H27BrN6O2/c1-5-10-24-22(31)20-18(13-28(6-2)27-20)25-21(30)17-9-7-8-16(11-17)12-29-15(4)19(23)14(3)26-29/h7-9,11,13H,5-6,10,12H2,1-4H3,(H,24,31)(H,25,30). The maximum Gasteiger partial charge on any atom is 0.273 e. The van der Waals surface area contributed by atoms with Crippen molar-refractivity contribution in [2.45, 2.75) is 47.2 Å². The van der Waals surface area contributed by atoms with Gasteiger partial charge in [-0.3, -0.25) is 19.0 Å². The molecule has 0 atom stereocenters. The van der Waals surface area contributed by atoms with Gasteiger partial charge >= 0.3 is 0 Å². The van der Waals surface area contributed by atoms with Crippen LogP contribution in [0.3, 0.4) is 0 Å². The average Bonchev–Trinajstić information content (AvgIpc) is 3.28. The first-order chi connectivity index (χ1) is 14.8. The van der Waals surface area contributed by atoms with E-state index >= 15 is 0 Å².